The number of halogens is 1. The first-order valence-corrected chi connectivity index (χ1v) is 8.21. The molecule has 5 nitrogen and oxygen atoms in total. The van der Waals surface area contributed by atoms with Gasteiger partial charge in [0.1, 0.15) is 0 Å². The SMILES string of the molecule is COC(=O)C1(CN=C(N)N2CCC(C)CC2)CCCCC1.I. The summed E-state index contributed by atoms with van der Waals surface area (Å²) >= 11 is 0. The number of carbonyl (C=O) groups is 1. The standard InChI is InChI=1S/C16H29N3O2.HI/c1-13-6-10-19(11-7-13)15(17)18-12-16(14(20)21-2)8-4-3-5-9-16;/h13H,3-12H2,1-2H3,(H2,17,18);1H. The predicted octanol–water partition coefficient (Wildman–Crippen LogP) is 2.77. The molecule has 1 saturated heterocycles. The number of rotatable bonds is 3. The van der Waals surface area contributed by atoms with Crippen LogP contribution in [0.3, 0.4) is 0 Å². The quantitative estimate of drug-likeness (QED) is 0.328. The Balaban J connectivity index is 0.00000242. The molecule has 22 heavy (non-hydrogen) atoms. The largest absolute Gasteiger partial charge is 0.469 e. The molecule has 0 radical (unpaired) electrons. The number of piperidine rings is 1. The molecule has 2 fully saturated rings. The number of nitrogens with two attached hydrogens (primary N) is 1. The molecule has 2 rings (SSSR count). The fourth-order valence-corrected chi connectivity index (χ4v) is 3.44. The Morgan fingerprint density at radius 3 is 2.41 bits per heavy atom. The van der Waals surface area contributed by atoms with Crippen LogP contribution in [0.4, 0.5) is 0 Å². The van der Waals surface area contributed by atoms with Crippen LogP contribution in [-0.4, -0.2) is 43.6 Å². The number of guanidine groups is 1. The van der Waals surface area contributed by atoms with Gasteiger partial charge in [-0.1, -0.05) is 26.2 Å². The highest BCUT2D eigenvalue weighted by Gasteiger charge is 2.40. The molecular formula is C16H30IN3O2. The summed E-state index contributed by atoms with van der Waals surface area (Å²) in [6, 6.07) is 0. The second kappa shape index (κ2) is 8.93. The average Bonchev–Trinajstić information content (AvgIpc) is 2.53. The third-order valence-electron chi connectivity index (χ3n) is 5.08. The van der Waals surface area contributed by atoms with E-state index in [1.165, 1.54) is 26.4 Å². The van der Waals surface area contributed by atoms with E-state index in [0.29, 0.717) is 12.5 Å². The van der Waals surface area contributed by atoms with E-state index in [2.05, 4.69) is 16.8 Å². The minimum absolute atomic E-state index is 0. The van der Waals surface area contributed by atoms with Crippen molar-refractivity contribution in [3.8, 4) is 0 Å². The Hall–Kier alpha value is -0.530. The summed E-state index contributed by atoms with van der Waals surface area (Å²) < 4.78 is 5.02. The number of hydrogen-bond donors (Lipinski definition) is 1. The zero-order valence-electron chi connectivity index (χ0n) is 13.8. The first kappa shape index (κ1) is 19.5. The maximum absolute atomic E-state index is 12.2. The number of nitrogens with zero attached hydrogens (tertiary/aromatic N) is 2. The summed E-state index contributed by atoms with van der Waals surface area (Å²) in [6.45, 7) is 4.69. The summed E-state index contributed by atoms with van der Waals surface area (Å²) in [5, 5.41) is 0. The van der Waals surface area contributed by atoms with Crippen molar-refractivity contribution in [3.05, 3.63) is 0 Å². The number of carbonyl (C=O) groups excluding carboxylic acids is 1. The van der Waals surface area contributed by atoms with Gasteiger partial charge in [0.05, 0.1) is 19.1 Å². The number of methoxy groups -OCH3 is 1. The molecule has 0 bridgehead atoms. The molecule has 0 aromatic carbocycles. The van der Waals surface area contributed by atoms with Crippen molar-refractivity contribution in [1.82, 2.24) is 4.90 Å². The van der Waals surface area contributed by atoms with Crippen LogP contribution in [0, 0.1) is 11.3 Å². The molecule has 0 spiro atoms. The lowest BCUT2D eigenvalue weighted by atomic mass is 9.74. The Labute approximate surface area is 151 Å². The van der Waals surface area contributed by atoms with E-state index >= 15 is 0 Å². The molecule has 0 amide bonds. The smallest absolute Gasteiger partial charge is 0.313 e. The van der Waals surface area contributed by atoms with Crippen molar-refractivity contribution in [2.45, 2.75) is 51.9 Å². The average molecular weight is 423 g/mol. The maximum Gasteiger partial charge on any atom is 0.313 e. The van der Waals surface area contributed by atoms with Crippen molar-refractivity contribution in [2.24, 2.45) is 22.1 Å². The Morgan fingerprint density at radius 1 is 1.27 bits per heavy atom. The summed E-state index contributed by atoms with van der Waals surface area (Å²) in [6.07, 6.45) is 7.41. The zero-order valence-corrected chi connectivity index (χ0v) is 16.2. The summed E-state index contributed by atoms with van der Waals surface area (Å²) in [4.78, 5) is 18.9. The van der Waals surface area contributed by atoms with E-state index in [-0.39, 0.29) is 29.9 Å². The van der Waals surface area contributed by atoms with E-state index in [1.54, 1.807) is 0 Å². The molecular weight excluding hydrogens is 393 g/mol. The number of esters is 1. The number of aliphatic imine (C=N–C) groups is 1. The van der Waals surface area contributed by atoms with Gasteiger partial charge in [0.25, 0.3) is 0 Å². The maximum atomic E-state index is 12.2. The van der Waals surface area contributed by atoms with Crippen LogP contribution >= 0.6 is 24.0 Å². The molecule has 128 valence electrons. The molecule has 1 heterocycles. The normalized spacial score (nSPS) is 22.8. The van der Waals surface area contributed by atoms with Gasteiger partial charge in [-0.15, -0.1) is 24.0 Å². The lowest BCUT2D eigenvalue weighted by Crippen LogP contribution is -2.44. The van der Waals surface area contributed by atoms with Crippen molar-refractivity contribution in [1.29, 1.82) is 0 Å². The minimum atomic E-state index is -0.444. The monoisotopic (exact) mass is 423 g/mol. The van der Waals surface area contributed by atoms with Crippen molar-refractivity contribution < 1.29 is 9.53 Å². The van der Waals surface area contributed by atoms with Crippen molar-refractivity contribution in [2.75, 3.05) is 26.7 Å². The third kappa shape index (κ3) is 4.73. The second-order valence-corrected chi connectivity index (χ2v) is 6.68. The summed E-state index contributed by atoms with van der Waals surface area (Å²) in [5.74, 6) is 1.25. The molecule has 0 aromatic rings. The molecule has 1 aliphatic carbocycles. The summed E-state index contributed by atoms with van der Waals surface area (Å²) in [5.41, 5.74) is 5.69. The van der Waals surface area contributed by atoms with Gasteiger partial charge in [-0.3, -0.25) is 9.79 Å². The van der Waals surface area contributed by atoms with Gasteiger partial charge in [-0.2, -0.15) is 0 Å². The first-order chi connectivity index (χ1) is 10.1. The van der Waals surface area contributed by atoms with Gasteiger partial charge >= 0.3 is 5.97 Å². The zero-order chi connectivity index (χ0) is 15.3. The van der Waals surface area contributed by atoms with Crippen LogP contribution in [0.5, 0.6) is 0 Å². The summed E-state index contributed by atoms with van der Waals surface area (Å²) in [7, 11) is 1.47. The lowest BCUT2D eigenvalue weighted by Gasteiger charge is -2.34. The van der Waals surface area contributed by atoms with Gasteiger partial charge in [-0.25, -0.2) is 0 Å². The Bertz CT molecular complexity index is 387. The Morgan fingerprint density at radius 2 is 1.86 bits per heavy atom. The fraction of sp³-hybridized carbons (Fsp3) is 0.875. The number of hydrogen-bond acceptors (Lipinski definition) is 3. The van der Waals surface area contributed by atoms with Crippen molar-refractivity contribution >= 4 is 35.9 Å². The van der Waals surface area contributed by atoms with Crippen LogP contribution in [-0.2, 0) is 9.53 Å². The number of likely N-dealkylation sites (tertiary alicyclic amines) is 1. The van der Waals surface area contributed by atoms with Gasteiger partial charge in [0, 0.05) is 13.1 Å². The van der Waals surface area contributed by atoms with E-state index in [4.69, 9.17) is 10.5 Å². The highest BCUT2D eigenvalue weighted by Crippen LogP contribution is 2.37. The van der Waals surface area contributed by atoms with Crippen LogP contribution in [0.1, 0.15) is 51.9 Å². The molecule has 0 unspecified atom stereocenters. The molecule has 1 saturated carbocycles. The first-order valence-electron chi connectivity index (χ1n) is 8.21. The highest BCUT2D eigenvalue weighted by atomic mass is 127. The van der Waals surface area contributed by atoms with Crippen LogP contribution in [0.2, 0.25) is 0 Å². The fourth-order valence-electron chi connectivity index (χ4n) is 3.44. The molecule has 0 aromatic heterocycles. The second-order valence-electron chi connectivity index (χ2n) is 6.68. The molecule has 2 aliphatic rings. The van der Waals surface area contributed by atoms with Gasteiger partial charge < -0.3 is 15.4 Å². The van der Waals surface area contributed by atoms with Gasteiger partial charge in [-0.05, 0) is 31.6 Å². The van der Waals surface area contributed by atoms with E-state index in [9.17, 15) is 4.79 Å². The number of ether oxygens (including phenoxy) is 1. The Kier molecular flexibility index (Phi) is 7.93. The van der Waals surface area contributed by atoms with Gasteiger partial charge in [0.2, 0.25) is 0 Å². The van der Waals surface area contributed by atoms with E-state index in [1.807, 2.05) is 0 Å². The van der Waals surface area contributed by atoms with Crippen LogP contribution in [0.15, 0.2) is 4.99 Å². The highest BCUT2D eigenvalue weighted by molar-refractivity contribution is 14.0. The molecule has 6 heteroatoms. The van der Waals surface area contributed by atoms with Gasteiger partial charge in [0.15, 0.2) is 5.96 Å². The van der Waals surface area contributed by atoms with Crippen LogP contribution < -0.4 is 5.73 Å². The van der Waals surface area contributed by atoms with Crippen molar-refractivity contribution in [3.63, 3.8) is 0 Å². The molecule has 0 atom stereocenters. The molecule has 2 N–H and O–H groups in total. The minimum Gasteiger partial charge on any atom is -0.469 e. The van der Waals surface area contributed by atoms with E-state index < -0.39 is 5.41 Å². The van der Waals surface area contributed by atoms with E-state index in [0.717, 1.165) is 44.7 Å². The molecule has 1 aliphatic heterocycles. The third-order valence-corrected chi connectivity index (χ3v) is 5.08. The van der Waals surface area contributed by atoms with Crippen LogP contribution in [0.25, 0.3) is 0 Å². The topological polar surface area (TPSA) is 67.9 Å². The lowest BCUT2D eigenvalue weighted by molar-refractivity contribution is -0.154. The predicted molar refractivity (Wildman–Crippen MR) is 99.4 cm³/mol.